The van der Waals surface area contributed by atoms with Crippen LogP contribution in [0.15, 0.2) is 18.7 Å². The molecule has 0 aliphatic rings. The molecule has 17 heavy (non-hydrogen) atoms. The number of nitrogens with two attached hydrogens (primary N) is 1. The summed E-state index contributed by atoms with van der Waals surface area (Å²) in [4.78, 5) is 15.2. The largest absolute Gasteiger partial charge is 0.356 e. The zero-order chi connectivity index (χ0) is 12.7. The van der Waals surface area contributed by atoms with Crippen LogP contribution in [0, 0.1) is 0 Å². The van der Waals surface area contributed by atoms with Crippen molar-refractivity contribution < 1.29 is 13.2 Å². The maximum absolute atomic E-state index is 11.3. The molecule has 0 aromatic carbocycles. The summed E-state index contributed by atoms with van der Waals surface area (Å²) >= 11 is 0. The standard InChI is InChI=1S/C9H16N4O3S/c10-17(15,16)7-1-3-12-9(14)2-5-13-6-4-11-8-13/h4,6,8H,1-3,5,7H2,(H,12,14)(H2,10,15,16). The van der Waals surface area contributed by atoms with E-state index in [0.717, 1.165) is 0 Å². The molecular weight excluding hydrogens is 244 g/mol. The van der Waals surface area contributed by atoms with Gasteiger partial charge in [-0.2, -0.15) is 0 Å². The van der Waals surface area contributed by atoms with Crippen LogP contribution in [0.4, 0.5) is 0 Å². The third-order valence-electron chi connectivity index (χ3n) is 2.08. The minimum Gasteiger partial charge on any atom is -0.356 e. The third-order valence-corrected chi connectivity index (χ3v) is 2.94. The highest BCUT2D eigenvalue weighted by Crippen LogP contribution is 1.91. The van der Waals surface area contributed by atoms with Gasteiger partial charge in [-0.15, -0.1) is 0 Å². The van der Waals surface area contributed by atoms with Gasteiger partial charge < -0.3 is 9.88 Å². The molecule has 1 aromatic rings. The molecular formula is C9H16N4O3S. The van der Waals surface area contributed by atoms with Crippen molar-refractivity contribution in [3.8, 4) is 0 Å². The zero-order valence-corrected chi connectivity index (χ0v) is 10.2. The average Bonchev–Trinajstić information content (AvgIpc) is 2.73. The highest BCUT2D eigenvalue weighted by molar-refractivity contribution is 7.89. The van der Waals surface area contributed by atoms with E-state index in [9.17, 15) is 13.2 Å². The first-order valence-corrected chi connectivity index (χ1v) is 6.92. The average molecular weight is 260 g/mol. The quantitative estimate of drug-likeness (QED) is 0.617. The van der Waals surface area contributed by atoms with Crippen LogP contribution in [0.25, 0.3) is 0 Å². The van der Waals surface area contributed by atoms with E-state index in [1.807, 2.05) is 0 Å². The second-order valence-electron chi connectivity index (χ2n) is 3.62. The fourth-order valence-corrected chi connectivity index (χ4v) is 1.79. The van der Waals surface area contributed by atoms with E-state index in [2.05, 4.69) is 10.3 Å². The first-order chi connectivity index (χ1) is 7.97. The number of rotatable bonds is 7. The molecule has 0 spiro atoms. The molecule has 1 heterocycles. The molecule has 0 saturated heterocycles. The van der Waals surface area contributed by atoms with Gasteiger partial charge >= 0.3 is 0 Å². The molecule has 0 fully saturated rings. The summed E-state index contributed by atoms with van der Waals surface area (Å²) in [7, 11) is -3.43. The minimum atomic E-state index is -3.43. The topological polar surface area (TPSA) is 107 Å². The Bertz CT molecular complexity index is 441. The Balaban J connectivity index is 2.09. The second kappa shape index (κ2) is 6.36. The summed E-state index contributed by atoms with van der Waals surface area (Å²) in [6.45, 7) is 0.875. The smallest absolute Gasteiger partial charge is 0.221 e. The number of primary sulfonamides is 1. The van der Waals surface area contributed by atoms with E-state index >= 15 is 0 Å². The Labute approximate surface area is 100 Å². The number of carbonyl (C=O) groups excluding carboxylic acids is 1. The lowest BCUT2D eigenvalue weighted by Crippen LogP contribution is -2.27. The van der Waals surface area contributed by atoms with Crippen LogP contribution in [0.2, 0.25) is 0 Å². The van der Waals surface area contributed by atoms with E-state index in [4.69, 9.17) is 5.14 Å². The van der Waals surface area contributed by atoms with Crippen LogP contribution < -0.4 is 10.5 Å². The van der Waals surface area contributed by atoms with Gasteiger partial charge in [-0.05, 0) is 6.42 Å². The normalized spacial score (nSPS) is 11.4. The van der Waals surface area contributed by atoms with Gasteiger partial charge in [0.25, 0.3) is 0 Å². The number of hydrogen-bond donors (Lipinski definition) is 2. The first kappa shape index (κ1) is 13.7. The Morgan fingerprint density at radius 2 is 2.24 bits per heavy atom. The first-order valence-electron chi connectivity index (χ1n) is 5.20. The molecule has 1 rings (SSSR count). The van der Waals surface area contributed by atoms with Gasteiger partial charge in [0, 0.05) is 31.9 Å². The van der Waals surface area contributed by atoms with Crippen molar-refractivity contribution in [3.63, 3.8) is 0 Å². The van der Waals surface area contributed by atoms with E-state index in [1.165, 1.54) is 0 Å². The number of imidazole rings is 1. The molecule has 1 amide bonds. The summed E-state index contributed by atoms with van der Waals surface area (Å²) in [5, 5.41) is 7.45. The van der Waals surface area contributed by atoms with E-state index in [0.29, 0.717) is 25.9 Å². The molecule has 0 bridgehead atoms. The van der Waals surface area contributed by atoms with Crippen LogP contribution in [0.3, 0.4) is 0 Å². The van der Waals surface area contributed by atoms with Gasteiger partial charge in [0.15, 0.2) is 0 Å². The lowest BCUT2D eigenvalue weighted by atomic mass is 10.4. The summed E-state index contributed by atoms with van der Waals surface area (Å²) in [6, 6.07) is 0. The molecule has 3 N–H and O–H groups in total. The summed E-state index contributed by atoms with van der Waals surface area (Å²) in [6.07, 6.45) is 5.72. The number of amides is 1. The van der Waals surface area contributed by atoms with Gasteiger partial charge in [-0.1, -0.05) is 0 Å². The second-order valence-corrected chi connectivity index (χ2v) is 5.35. The van der Waals surface area contributed by atoms with Crippen molar-refractivity contribution >= 4 is 15.9 Å². The summed E-state index contributed by atoms with van der Waals surface area (Å²) in [5.74, 6) is -0.234. The molecule has 0 aliphatic heterocycles. The monoisotopic (exact) mass is 260 g/mol. The van der Waals surface area contributed by atoms with Gasteiger partial charge in [-0.25, -0.2) is 18.5 Å². The third kappa shape index (κ3) is 6.69. The van der Waals surface area contributed by atoms with Crippen molar-refractivity contribution in [2.24, 2.45) is 5.14 Å². The Hall–Kier alpha value is -1.41. The Morgan fingerprint density at radius 1 is 1.47 bits per heavy atom. The molecule has 1 aromatic heterocycles. The van der Waals surface area contributed by atoms with E-state index < -0.39 is 10.0 Å². The number of nitrogens with zero attached hydrogens (tertiary/aromatic N) is 2. The molecule has 0 aliphatic carbocycles. The van der Waals surface area contributed by atoms with Crippen LogP contribution in [0.1, 0.15) is 12.8 Å². The van der Waals surface area contributed by atoms with E-state index in [1.54, 1.807) is 23.3 Å². The molecule has 0 unspecified atom stereocenters. The maximum atomic E-state index is 11.3. The number of aryl methyl sites for hydroxylation is 1. The van der Waals surface area contributed by atoms with Gasteiger partial charge in [0.1, 0.15) is 0 Å². The fraction of sp³-hybridized carbons (Fsp3) is 0.556. The molecule has 0 atom stereocenters. The van der Waals surface area contributed by atoms with Gasteiger partial charge in [-0.3, -0.25) is 4.79 Å². The lowest BCUT2D eigenvalue weighted by molar-refractivity contribution is -0.121. The summed E-state index contributed by atoms with van der Waals surface area (Å²) in [5.41, 5.74) is 0. The van der Waals surface area contributed by atoms with Crippen LogP contribution >= 0.6 is 0 Å². The Kier molecular flexibility index (Phi) is 5.11. The predicted octanol–water partition coefficient (Wildman–Crippen LogP) is -0.932. The number of sulfonamides is 1. The molecule has 8 heteroatoms. The molecule has 96 valence electrons. The minimum absolute atomic E-state index is 0.116. The molecule has 0 saturated carbocycles. The van der Waals surface area contributed by atoms with Crippen LogP contribution in [-0.4, -0.2) is 36.2 Å². The Morgan fingerprint density at radius 3 is 2.82 bits per heavy atom. The van der Waals surface area contributed by atoms with Gasteiger partial charge in [0.05, 0.1) is 12.1 Å². The van der Waals surface area contributed by atoms with E-state index in [-0.39, 0.29) is 11.7 Å². The lowest BCUT2D eigenvalue weighted by Gasteiger charge is -2.05. The predicted molar refractivity (Wildman–Crippen MR) is 62.4 cm³/mol. The van der Waals surface area contributed by atoms with Crippen molar-refractivity contribution in [3.05, 3.63) is 18.7 Å². The number of carbonyl (C=O) groups is 1. The van der Waals surface area contributed by atoms with Crippen molar-refractivity contribution in [1.29, 1.82) is 0 Å². The summed E-state index contributed by atoms with van der Waals surface area (Å²) < 4.78 is 23.0. The number of nitrogens with one attached hydrogen (secondary N) is 1. The number of hydrogen-bond acceptors (Lipinski definition) is 4. The van der Waals surface area contributed by atoms with Crippen molar-refractivity contribution in [1.82, 2.24) is 14.9 Å². The number of aromatic nitrogens is 2. The van der Waals surface area contributed by atoms with Crippen LogP contribution in [0.5, 0.6) is 0 Å². The SMILES string of the molecule is NS(=O)(=O)CCCNC(=O)CCn1ccnc1. The fourth-order valence-electron chi connectivity index (χ4n) is 1.24. The van der Waals surface area contributed by atoms with Crippen molar-refractivity contribution in [2.75, 3.05) is 12.3 Å². The highest BCUT2D eigenvalue weighted by Gasteiger charge is 2.04. The molecule has 7 nitrogen and oxygen atoms in total. The van der Waals surface area contributed by atoms with Crippen LogP contribution in [-0.2, 0) is 21.4 Å². The van der Waals surface area contributed by atoms with Crippen molar-refractivity contribution in [2.45, 2.75) is 19.4 Å². The molecule has 0 radical (unpaired) electrons. The zero-order valence-electron chi connectivity index (χ0n) is 9.37. The van der Waals surface area contributed by atoms with Gasteiger partial charge in [0.2, 0.25) is 15.9 Å². The maximum Gasteiger partial charge on any atom is 0.221 e. The highest BCUT2D eigenvalue weighted by atomic mass is 32.2.